The molecule has 2 nitrogen and oxygen atoms in total. The third-order valence-corrected chi connectivity index (χ3v) is 4.12. The lowest BCUT2D eigenvalue weighted by Gasteiger charge is -2.26. The lowest BCUT2D eigenvalue weighted by atomic mass is 10.1. The number of hydrogen-bond acceptors (Lipinski definition) is 2. The SMILES string of the molecule is Cl.Cl.NCC(Cc1ccc(Cl)c(Cl)c1)N1CCCC1. The van der Waals surface area contributed by atoms with Crippen molar-refractivity contribution in [2.24, 2.45) is 5.73 Å². The van der Waals surface area contributed by atoms with E-state index in [1.54, 1.807) is 0 Å². The van der Waals surface area contributed by atoms with E-state index in [1.807, 2.05) is 18.2 Å². The van der Waals surface area contributed by atoms with Gasteiger partial charge in [0.1, 0.15) is 0 Å². The summed E-state index contributed by atoms with van der Waals surface area (Å²) in [6.07, 6.45) is 3.53. The summed E-state index contributed by atoms with van der Waals surface area (Å²) >= 11 is 11.9. The lowest BCUT2D eigenvalue weighted by molar-refractivity contribution is 0.246. The van der Waals surface area contributed by atoms with Crippen LogP contribution in [0.1, 0.15) is 18.4 Å². The van der Waals surface area contributed by atoms with Crippen molar-refractivity contribution in [3.05, 3.63) is 33.8 Å². The molecule has 1 fully saturated rings. The van der Waals surface area contributed by atoms with Crippen molar-refractivity contribution in [2.75, 3.05) is 19.6 Å². The second-order valence-electron chi connectivity index (χ2n) is 4.59. The molecular weight excluding hydrogens is 326 g/mol. The average Bonchev–Trinajstić information content (AvgIpc) is 2.84. The van der Waals surface area contributed by atoms with Gasteiger partial charge in [-0.15, -0.1) is 24.8 Å². The van der Waals surface area contributed by atoms with Crippen LogP contribution in [0.2, 0.25) is 10.0 Å². The van der Waals surface area contributed by atoms with Gasteiger partial charge < -0.3 is 5.73 Å². The molecule has 1 saturated heterocycles. The van der Waals surface area contributed by atoms with Crippen LogP contribution >= 0.6 is 48.0 Å². The van der Waals surface area contributed by atoms with Crippen LogP contribution < -0.4 is 5.73 Å². The molecule has 0 radical (unpaired) electrons. The van der Waals surface area contributed by atoms with Crippen LogP contribution in [0.5, 0.6) is 0 Å². The predicted octanol–water partition coefficient (Wildman–Crippen LogP) is 3.80. The molecule has 0 aromatic heterocycles. The van der Waals surface area contributed by atoms with E-state index in [4.69, 9.17) is 28.9 Å². The van der Waals surface area contributed by atoms with E-state index < -0.39 is 0 Å². The summed E-state index contributed by atoms with van der Waals surface area (Å²) in [4.78, 5) is 2.47. The predicted molar refractivity (Wildman–Crippen MR) is 88.3 cm³/mol. The first-order chi connectivity index (χ1) is 8.20. The van der Waals surface area contributed by atoms with E-state index >= 15 is 0 Å². The number of hydrogen-bond donors (Lipinski definition) is 1. The molecule has 0 aliphatic carbocycles. The fourth-order valence-electron chi connectivity index (χ4n) is 2.41. The summed E-state index contributed by atoms with van der Waals surface area (Å²) < 4.78 is 0. The van der Waals surface area contributed by atoms with Gasteiger partial charge >= 0.3 is 0 Å². The molecule has 1 heterocycles. The summed E-state index contributed by atoms with van der Waals surface area (Å²) in [7, 11) is 0. The maximum atomic E-state index is 6.02. The molecule has 6 heteroatoms. The van der Waals surface area contributed by atoms with Crippen LogP contribution in [0.4, 0.5) is 0 Å². The largest absolute Gasteiger partial charge is 0.329 e. The zero-order valence-electron chi connectivity index (χ0n) is 10.6. The number of nitrogens with zero attached hydrogens (tertiary/aromatic N) is 1. The molecular formula is C13H20Cl4N2. The van der Waals surface area contributed by atoms with E-state index in [0.717, 1.165) is 6.42 Å². The van der Waals surface area contributed by atoms with Gasteiger partial charge in [-0.3, -0.25) is 4.90 Å². The molecule has 0 amide bonds. The van der Waals surface area contributed by atoms with E-state index in [-0.39, 0.29) is 24.8 Å². The molecule has 1 aromatic carbocycles. The summed E-state index contributed by atoms with van der Waals surface area (Å²) in [6.45, 7) is 3.03. The van der Waals surface area contributed by atoms with E-state index in [2.05, 4.69) is 4.90 Å². The maximum Gasteiger partial charge on any atom is 0.0595 e. The fourth-order valence-corrected chi connectivity index (χ4v) is 2.73. The van der Waals surface area contributed by atoms with Gasteiger partial charge in [-0.05, 0) is 50.0 Å². The molecule has 1 atom stereocenters. The molecule has 1 aliphatic heterocycles. The van der Waals surface area contributed by atoms with E-state index in [9.17, 15) is 0 Å². The Morgan fingerprint density at radius 1 is 1.11 bits per heavy atom. The van der Waals surface area contributed by atoms with Gasteiger partial charge in [0.05, 0.1) is 10.0 Å². The van der Waals surface area contributed by atoms with Crippen molar-refractivity contribution in [3.8, 4) is 0 Å². The molecule has 2 N–H and O–H groups in total. The first-order valence-corrected chi connectivity index (χ1v) is 6.84. The Balaban J connectivity index is 0.00000162. The second-order valence-corrected chi connectivity index (χ2v) is 5.40. The van der Waals surface area contributed by atoms with Gasteiger partial charge in [0.15, 0.2) is 0 Å². The minimum Gasteiger partial charge on any atom is -0.329 e. The minimum atomic E-state index is 0. The Morgan fingerprint density at radius 3 is 2.26 bits per heavy atom. The van der Waals surface area contributed by atoms with Gasteiger partial charge in [0.2, 0.25) is 0 Å². The molecule has 1 unspecified atom stereocenters. The Bertz CT molecular complexity index is 381. The lowest BCUT2D eigenvalue weighted by Crippen LogP contribution is -2.40. The third kappa shape index (κ3) is 5.30. The van der Waals surface area contributed by atoms with E-state index in [1.165, 1.54) is 31.5 Å². The van der Waals surface area contributed by atoms with Crippen molar-refractivity contribution in [3.63, 3.8) is 0 Å². The molecule has 1 aromatic rings. The minimum absolute atomic E-state index is 0. The molecule has 19 heavy (non-hydrogen) atoms. The average molecular weight is 346 g/mol. The van der Waals surface area contributed by atoms with Gasteiger partial charge in [0.25, 0.3) is 0 Å². The number of likely N-dealkylation sites (tertiary alicyclic amines) is 1. The molecule has 0 bridgehead atoms. The monoisotopic (exact) mass is 344 g/mol. The Morgan fingerprint density at radius 2 is 1.74 bits per heavy atom. The highest BCUT2D eigenvalue weighted by Crippen LogP contribution is 2.24. The Hall–Kier alpha value is 0.300. The molecule has 2 rings (SSSR count). The summed E-state index contributed by atoms with van der Waals surface area (Å²) in [5.41, 5.74) is 7.08. The first kappa shape index (κ1) is 19.3. The van der Waals surface area contributed by atoms with Crippen molar-refractivity contribution < 1.29 is 0 Å². The number of halogens is 4. The summed E-state index contributed by atoms with van der Waals surface area (Å²) in [5, 5.41) is 1.24. The fraction of sp³-hybridized carbons (Fsp3) is 0.538. The van der Waals surface area contributed by atoms with Crippen LogP contribution in [0, 0.1) is 0 Å². The topological polar surface area (TPSA) is 29.3 Å². The van der Waals surface area contributed by atoms with Crippen LogP contribution in [-0.2, 0) is 6.42 Å². The Labute approximate surface area is 137 Å². The zero-order chi connectivity index (χ0) is 12.3. The van der Waals surface area contributed by atoms with Crippen LogP contribution in [0.25, 0.3) is 0 Å². The normalized spacial score (nSPS) is 16.6. The van der Waals surface area contributed by atoms with Gasteiger partial charge in [-0.25, -0.2) is 0 Å². The van der Waals surface area contributed by atoms with Crippen molar-refractivity contribution >= 4 is 48.0 Å². The van der Waals surface area contributed by atoms with Crippen LogP contribution in [-0.4, -0.2) is 30.6 Å². The Kier molecular flexibility index (Phi) is 9.42. The number of benzene rings is 1. The van der Waals surface area contributed by atoms with E-state index in [0.29, 0.717) is 22.6 Å². The molecule has 0 saturated carbocycles. The standard InChI is InChI=1S/C13H18Cl2N2.2ClH/c14-12-4-3-10(8-13(12)15)7-11(9-16)17-5-1-2-6-17;;/h3-4,8,11H,1-2,5-7,9,16H2;2*1H. The van der Waals surface area contributed by atoms with Crippen molar-refractivity contribution in [1.82, 2.24) is 4.90 Å². The van der Waals surface area contributed by atoms with Gasteiger partial charge in [-0.1, -0.05) is 29.3 Å². The highest BCUT2D eigenvalue weighted by atomic mass is 35.5. The molecule has 1 aliphatic rings. The smallest absolute Gasteiger partial charge is 0.0595 e. The summed E-state index contributed by atoms with van der Waals surface area (Å²) in [5.74, 6) is 0. The number of rotatable bonds is 4. The highest BCUT2D eigenvalue weighted by Gasteiger charge is 2.20. The van der Waals surface area contributed by atoms with Crippen molar-refractivity contribution in [1.29, 1.82) is 0 Å². The quantitative estimate of drug-likeness (QED) is 0.899. The maximum absolute atomic E-state index is 6.02. The third-order valence-electron chi connectivity index (χ3n) is 3.38. The van der Waals surface area contributed by atoms with Crippen molar-refractivity contribution in [2.45, 2.75) is 25.3 Å². The van der Waals surface area contributed by atoms with Gasteiger partial charge in [-0.2, -0.15) is 0 Å². The second kappa shape index (κ2) is 9.28. The molecule has 0 spiro atoms. The highest BCUT2D eigenvalue weighted by molar-refractivity contribution is 6.42. The van der Waals surface area contributed by atoms with Gasteiger partial charge in [0, 0.05) is 12.6 Å². The van der Waals surface area contributed by atoms with Crippen LogP contribution in [0.3, 0.4) is 0 Å². The number of nitrogens with two attached hydrogens (primary N) is 1. The first-order valence-electron chi connectivity index (χ1n) is 6.08. The summed E-state index contributed by atoms with van der Waals surface area (Å²) in [6, 6.07) is 6.27. The zero-order valence-corrected chi connectivity index (χ0v) is 13.8. The molecule has 110 valence electrons. The van der Waals surface area contributed by atoms with Crippen LogP contribution in [0.15, 0.2) is 18.2 Å².